The van der Waals surface area contributed by atoms with Crippen molar-refractivity contribution in [1.82, 2.24) is 9.97 Å². The molecule has 0 bridgehead atoms. The number of benzene rings is 1. The molecule has 0 aliphatic carbocycles. The van der Waals surface area contributed by atoms with Gasteiger partial charge < -0.3 is 16.0 Å². The number of hydrogen-bond acceptors (Lipinski definition) is 8. The fourth-order valence-electron chi connectivity index (χ4n) is 2.21. The van der Waals surface area contributed by atoms with Crippen LogP contribution in [0.4, 0.5) is 16.5 Å². The van der Waals surface area contributed by atoms with E-state index >= 15 is 0 Å². The van der Waals surface area contributed by atoms with Crippen molar-refractivity contribution >= 4 is 68.7 Å². The largest absolute Gasteiger partial charge is 0.326 e. The Morgan fingerprint density at radius 1 is 1.00 bits per heavy atom. The molecule has 2 aromatic heterocycles. The Kier molecular flexibility index (Phi) is 7.33. The van der Waals surface area contributed by atoms with Crippen LogP contribution < -0.4 is 16.0 Å². The second-order valence-corrected chi connectivity index (χ2v) is 8.74. The van der Waals surface area contributed by atoms with Crippen LogP contribution in [0.15, 0.2) is 45.6 Å². The minimum Gasteiger partial charge on any atom is -0.326 e. The number of aromatic nitrogens is 2. The van der Waals surface area contributed by atoms with Crippen LogP contribution in [0.3, 0.4) is 0 Å². The van der Waals surface area contributed by atoms with Crippen molar-refractivity contribution in [3.8, 4) is 0 Å². The molecule has 0 aliphatic heterocycles. The molecule has 11 heteroatoms. The summed E-state index contributed by atoms with van der Waals surface area (Å²) in [6.45, 7) is 1.43. The normalized spacial score (nSPS) is 10.4. The molecule has 3 amide bonds. The molecule has 2 heterocycles. The summed E-state index contributed by atoms with van der Waals surface area (Å²) in [6, 6.07) is 6.87. The Morgan fingerprint density at radius 2 is 1.72 bits per heavy atom. The maximum atomic E-state index is 12.1. The standard InChI is InChI=1S/C18H17N5O3S3/c1-11(24)20-12-2-4-13(5-3-12)21-16(26)10-29-18-22-14(9-28-18)8-15(25)23-17-19-6-7-27-17/h2-7,9H,8,10H2,1H3,(H,20,24)(H,21,26)(H,19,23,25). The Labute approximate surface area is 179 Å². The molecule has 0 spiro atoms. The van der Waals surface area contributed by atoms with Crippen LogP contribution in [0.1, 0.15) is 12.6 Å². The third-order valence-electron chi connectivity index (χ3n) is 3.37. The maximum absolute atomic E-state index is 12.1. The molecular formula is C18H17N5O3S3. The van der Waals surface area contributed by atoms with Gasteiger partial charge in [-0.05, 0) is 24.3 Å². The van der Waals surface area contributed by atoms with Gasteiger partial charge in [-0.1, -0.05) is 11.8 Å². The number of nitrogens with zero attached hydrogens (tertiary/aromatic N) is 2. The van der Waals surface area contributed by atoms with E-state index in [-0.39, 0.29) is 29.9 Å². The van der Waals surface area contributed by atoms with Gasteiger partial charge in [0.15, 0.2) is 9.47 Å². The summed E-state index contributed by atoms with van der Waals surface area (Å²) < 4.78 is 0.721. The fourth-order valence-corrected chi connectivity index (χ4v) is 4.40. The second kappa shape index (κ2) is 10.1. The number of amides is 3. The van der Waals surface area contributed by atoms with Crippen molar-refractivity contribution in [2.75, 3.05) is 21.7 Å². The van der Waals surface area contributed by atoms with Gasteiger partial charge in [0.1, 0.15) is 0 Å². The van der Waals surface area contributed by atoms with Gasteiger partial charge in [-0.3, -0.25) is 14.4 Å². The third kappa shape index (κ3) is 6.97. The lowest BCUT2D eigenvalue weighted by molar-refractivity contribution is -0.116. The molecule has 0 fully saturated rings. The monoisotopic (exact) mass is 447 g/mol. The van der Waals surface area contributed by atoms with E-state index in [0.717, 1.165) is 4.34 Å². The van der Waals surface area contributed by atoms with Gasteiger partial charge >= 0.3 is 0 Å². The molecule has 3 rings (SSSR count). The summed E-state index contributed by atoms with van der Waals surface area (Å²) in [7, 11) is 0. The van der Waals surface area contributed by atoms with E-state index in [1.54, 1.807) is 35.8 Å². The molecule has 0 atom stereocenters. The van der Waals surface area contributed by atoms with Crippen LogP contribution in [0.5, 0.6) is 0 Å². The van der Waals surface area contributed by atoms with Crippen molar-refractivity contribution in [3.05, 3.63) is 46.9 Å². The highest BCUT2D eigenvalue weighted by molar-refractivity contribution is 8.01. The molecule has 1 aromatic carbocycles. The SMILES string of the molecule is CC(=O)Nc1ccc(NC(=O)CSc2nc(CC(=O)Nc3nccs3)cs2)cc1. The number of rotatable bonds is 8. The van der Waals surface area contributed by atoms with E-state index in [9.17, 15) is 14.4 Å². The van der Waals surface area contributed by atoms with E-state index in [2.05, 4.69) is 25.9 Å². The molecule has 0 aliphatic rings. The van der Waals surface area contributed by atoms with Crippen molar-refractivity contribution in [2.24, 2.45) is 0 Å². The van der Waals surface area contributed by atoms with Gasteiger partial charge in [0.2, 0.25) is 17.7 Å². The summed E-state index contributed by atoms with van der Waals surface area (Å²) >= 11 is 4.06. The summed E-state index contributed by atoms with van der Waals surface area (Å²) in [5.41, 5.74) is 1.96. The van der Waals surface area contributed by atoms with E-state index < -0.39 is 0 Å². The van der Waals surface area contributed by atoms with Crippen LogP contribution in [-0.4, -0.2) is 33.4 Å². The summed E-state index contributed by atoms with van der Waals surface area (Å²) in [5.74, 6) is -0.296. The van der Waals surface area contributed by atoms with Crippen molar-refractivity contribution < 1.29 is 14.4 Å². The first-order chi connectivity index (χ1) is 14.0. The van der Waals surface area contributed by atoms with E-state index in [4.69, 9.17) is 0 Å². The molecular weight excluding hydrogens is 430 g/mol. The molecule has 8 nitrogen and oxygen atoms in total. The highest BCUT2D eigenvalue weighted by Gasteiger charge is 2.11. The van der Waals surface area contributed by atoms with Crippen LogP contribution in [0.25, 0.3) is 0 Å². The van der Waals surface area contributed by atoms with Crippen molar-refractivity contribution in [1.29, 1.82) is 0 Å². The minimum atomic E-state index is -0.178. The van der Waals surface area contributed by atoms with Gasteiger partial charge in [-0.25, -0.2) is 9.97 Å². The number of anilines is 3. The van der Waals surface area contributed by atoms with Crippen molar-refractivity contribution in [3.63, 3.8) is 0 Å². The zero-order valence-electron chi connectivity index (χ0n) is 15.3. The van der Waals surface area contributed by atoms with Crippen LogP contribution in [0, 0.1) is 0 Å². The molecule has 0 unspecified atom stereocenters. The van der Waals surface area contributed by atoms with Gasteiger partial charge in [0, 0.05) is 35.3 Å². The van der Waals surface area contributed by atoms with Gasteiger partial charge in [-0.15, -0.1) is 22.7 Å². The number of carbonyl (C=O) groups is 3. The van der Waals surface area contributed by atoms with E-state index in [0.29, 0.717) is 22.2 Å². The van der Waals surface area contributed by atoms with E-state index in [1.165, 1.54) is 41.4 Å². The fraction of sp³-hybridized carbons (Fsp3) is 0.167. The maximum Gasteiger partial charge on any atom is 0.234 e. The molecule has 3 aromatic rings. The Hall–Kier alpha value is -2.76. The van der Waals surface area contributed by atoms with Crippen LogP contribution in [-0.2, 0) is 20.8 Å². The molecule has 0 saturated carbocycles. The lowest BCUT2D eigenvalue weighted by Gasteiger charge is -2.06. The Bertz CT molecular complexity index is 987. The first-order valence-corrected chi connectivity index (χ1v) is 11.2. The molecule has 29 heavy (non-hydrogen) atoms. The highest BCUT2D eigenvalue weighted by Crippen LogP contribution is 2.23. The van der Waals surface area contributed by atoms with Gasteiger partial charge in [0.25, 0.3) is 0 Å². The Balaban J connectivity index is 1.43. The van der Waals surface area contributed by atoms with Crippen LogP contribution in [0.2, 0.25) is 0 Å². The highest BCUT2D eigenvalue weighted by atomic mass is 32.2. The number of nitrogens with one attached hydrogen (secondary N) is 3. The molecule has 0 radical (unpaired) electrons. The zero-order chi connectivity index (χ0) is 20.6. The summed E-state index contributed by atoms with van der Waals surface area (Å²) in [6.07, 6.45) is 1.78. The first-order valence-electron chi connectivity index (χ1n) is 8.42. The first kappa shape index (κ1) is 21.0. The smallest absolute Gasteiger partial charge is 0.234 e. The third-order valence-corrected chi connectivity index (χ3v) is 6.13. The topological polar surface area (TPSA) is 113 Å². The quantitative estimate of drug-likeness (QED) is 0.456. The average molecular weight is 448 g/mol. The predicted octanol–water partition coefficient (Wildman–Crippen LogP) is 3.47. The van der Waals surface area contributed by atoms with Gasteiger partial charge in [-0.2, -0.15) is 0 Å². The lowest BCUT2D eigenvalue weighted by Crippen LogP contribution is -2.14. The minimum absolute atomic E-state index is 0.151. The van der Waals surface area contributed by atoms with Gasteiger partial charge in [0.05, 0.1) is 17.9 Å². The number of hydrogen-bond donors (Lipinski definition) is 3. The summed E-state index contributed by atoms with van der Waals surface area (Å²) in [4.78, 5) is 43.5. The van der Waals surface area contributed by atoms with Crippen molar-refractivity contribution in [2.45, 2.75) is 17.7 Å². The molecule has 3 N–H and O–H groups in total. The average Bonchev–Trinajstić information content (AvgIpc) is 3.33. The second-order valence-electron chi connectivity index (χ2n) is 5.76. The van der Waals surface area contributed by atoms with Crippen LogP contribution >= 0.6 is 34.4 Å². The lowest BCUT2D eigenvalue weighted by atomic mass is 10.3. The number of thiazole rings is 2. The Morgan fingerprint density at radius 3 is 2.38 bits per heavy atom. The molecule has 150 valence electrons. The number of carbonyl (C=O) groups excluding carboxylic acids is 3. The predicted molar refractivity (Wildman–Crippen MR) is 117 cm³/mol. The summed E-state index contributed by atoms with van der Waals surface area (Å²) in [5, 5.41) is 12.3. The van der Waals surface area contributed by atoms with E-state index in [1.807, 2.05) is 5.38 Å². The molecule has 0 saturated heterocycles. The zero-order valence-corrected chi connectivity index (χ0v) is 17.7. The number of thioether (sulfide) groups is 1.